The molecule has 0 bridgehead atoms. The molecule has 0 unspecified atom stereocenters. The van der Waals surface area contributed by atoms with Crippen molar-refractivity contribution < 1.29 is 18.3 Å². The van der Waals surface area contributed by atoms with Gasteiger partial charge >= 0.3 is 5.97 Å². The monoisotopic (exact) mass is 318 g/mol. The maximum Gasteiger partial charge on any atom is 0.356 e. The molecule has 0 aliphatic carbocycles. The molecule has 0 amide bonds. The minimum atomic E-state index is -2.86. The van der Waals surface area contributed by atoms with E-state index in [1.165, 1.54) is 0 Å². The van der Waals surface area contributed by atoms with Crippen LogP contribution in [0, 0.1) is 11.3 Å². The zero-order valence-electron chi connectivity index (χ0n) is 9.41. The Kier molecular flexibility index (Phi) is 5.16. The molecule has 96 valence electrons. The highest BCUT2D eigenvalue weighted by molar-refractivity contribution is 9.08. The zero-order chi connectivity index (χ0) is 13.7. The lowest BCUT2D eigenvalue weighted by Crippen LogP contribution is -2.11. The summed E-state index contributed by atoms with van der Waals surface area (Å²) < 4.78 is 30.3. The molecule has 1 heterocycles. The van der Waals surface area contributed by atoms with Gasteiger partial charge in [0.2, 0.25) is 0 Å². The fourth-order valence-corrected chi connectivity index (χ4v) is 1.91. The van der Waals surface area contributed by atoms with Gasteiger partial charge in [-0.05, 0) is 13.0 Å². The number of rotatable bonds is 4. The van der Waals surface area contributed by atoms with Crippen LogP contribution in [0.5, 0.6) is 0 Å². The molecule has 0 atom stereocenters. The van der Waals surface area contributed by atoms with E-state index in [-0.39, 0.29) is 28.8 Å². The quantitative estimate of drug-likeness (QED) is 0.632. The number of aromatic nitrogens is 1. The highest BCUT2D eigenvalue weighted by Gasteiger charge is 2.22. The number of alkyl halides is 3. The molecule has 0 radical (unpaired) electrons. The highest BCUT2D eigenvalue weighted by Crippen LogP contribution is 2.26. The lowest BCUT2D eigenvalue weighted by Gasteiger charge is -2.09. The Labute approximate surface area is 111 Å². The van der Waals surface area contributed by atoms with Gasteiger partial charge in [0.15, 0.2) is 0 Å². The minimum Gasteiger partial charge on any atom is -0.461 e. The van der Waals surface area contributed by atoms with E-state index in [1.54, 1.807) is 13.0 Å². The van der Waals surface area contributed by atoms with Gasteiger partial charge in [-0.2, -0.15) is 5.26 Å². The number of nitriles is 1. The van der Waals surface area contributed by atoms with Crippen molar-refractivity contribution in [3.8, 4) is 6.07 Å². The fourth-order valence-electron chi connectivity index (χ4n) is 1.32. The maximum absolute atomic E-state index is 12.8. The van der Waals surface area contributed by atoms with Crippen LogP contribution in [0.1, 0.15) is 40.7 Å². The average molecular weight is 319 g/mol. The normalized spacial score (nSPS) is 10.2. The smallest absolute Gasteiger partial charge is 0.356 e. The molecule has 18 heavy (non-hydrogen) atoms. The number of ether oxygens (including phenoxy) is 1. The van der Waals surface area contributed by atoms with Crippen LogP contribution in [0.4, 0.5) is 8.78 Å². The van der Waals surface area contributed by atoms with Crippen molar-refractivity contribution in [2.45, 2.75) is 18.7 Å². The summed E-state index contributed by atoms with van der Waals surface area (Å²) in [7, 11) is 0. The summed E-state index contributed by atoms with van der Waals surface area (Å²) in [5.74, 6) is -0.822. The molecule has 0 N–H and O–H groups in total. The summed E-state index contributed by atoms with van der Waals surface area (Å²) >= 11 is 3.02. The zero-order valence-corrected chi connectivity index (χ0v) is 11.0. The van der Waals surface area contributed by atoms with Gasteiger partial charge in [0.1, 0.15) is 11.4 Å². The number of esters is 1. The molecule has 0 aliphatic rings. The Bertz CT molecular complexity index is 501. The van der Waals surface area contributed by atoms with Gasteiger partial charge in [-0.1, -0.05) is 15.9 Å². The first kappa shape index (κ1) is 14.5. The number of nitrogens with zero attached hydrogens (tertiary/aromatic N) is 2. The van der Waals surface area contributed by atoms with E-state index in [9.17, 15) is 13.6 Å². The van der Waals surface area contributed by atoms with Crippen molar-refractivity contribution in [1.29, 1.82) is 5.26 Å². The summed E-state index contributed by atoms with van der Waals surface area (Å²) in [6, 6.07) is 2.92. The van der Waals surface area contributed by atoms with Gasteiger partial charge in [-0.3, -0.25) is 0 Å². The largest absolute Gasteiger partial charge is 0.461 e. The van der Waals surface area contributed by atoms with Crippen LogP contribution in [0.3, 0.4) is 0 Å². The minimum absolute atomic E-state index is 0.0137. The molecule has 0 saturated heterocycles. The van der Waals surface area contributed by atoms with E-state index < -0.39 is 18.1 Å². The standard InChI is InChI=1S/C11H9BrF2N2O2/c1-2-18-11(17)8-3-6(5-15)7(4-12)9(16-8)10(13)14/h3,10H,2,4H2,1H3. The average Bonchev–Trinajstić information content (AvgIpc) is 2.37. The van der Waals surface area contributed by atoms with Gasteiger partial charge in [-0.25, -0.2) is 18.6 Å². The molecule has 1 rings (SSSR count). The van der Waals surface area contributed by atoms with E-state index in [0.717, 1.165) is 6.07 Å². The number of pyridine rings is 1. The first-order chi connectivity index (χ1) is 8.54. The maximum atomic E-state index is 12.8. The van der Waals surface area contributed by atoms with Gasteiger partial charge in [0.05, 0.1) is 18.2 Å². The second-order valence-electron chi connectivity index (χ2n) is 3.19. The summed E-state index contributed by atoms with van der Waals surface area (Å²) in [4.78, 5) is 15.0. The molecule has 0 spiro atoms. The Morgan fingerprint density at radius 3 is 2.78 bits per heavy atom. The number of hydrogen-bond acceptors (Lipinski definition) is 4. The first-order valence-corrected chi connectivity index (χ1v) is 6.12. The van der Waals surface area contributed by atoms with Crippen LogP contribution in [0.2, 0.25) is 0 Å². The Hall–Kier alpha value is -1.55. The Morgan fingerprint density at radius 1 is 1.67 bits per heavy atom. The molecule has 1 aromatic heterocycles. The van der Waals surface area contributed by atoms with Gasteiger partial charge in [-0.15, -0.1) is 0 Å². The van der Waals surface area contributed by atoms with Crippen LogP contribution in [0.15, 0.2) is 6.07 Å². The van der Waals surface area contributed by atoms with Gasteiger partial charge in [0, 0.05) is 10.9 Å². The van der Waals surface area contributed by atoms with E-state index in [1.807, 2.05) is 0 Å². The van der Waals surface area contributed by atoms with Crippen molar-refractivity contribution in [3.63, 3.8) is 0 Å². The van der Waals surface area contributed by atoms with Crippen molar-refractivity contribution in [3.05, 3.63) is 28.6 Å². The molecule has 0 aromatic carbocycles. The predicted octanol–water partition coefficient (Wildman–Crippen LogP) is 2.96. The Morgan fingerprint density at radius 2 is 2.33 bits per heavy atom. The van der Waals surface area contributed by atoms with Crippen LogP contribution < -0.4 is 0 Å². The fraction of sp³-hybridized carbons (Fsp3) is 0.364. The predicted molar refractivity (Wildman–Crippen MR) is 62.5 cm³/mol. The molecule has 0 fully saturated rings. The number of hydrogen-bond donors (Lipinski definition) is 0. The van der Waals surface area contributed by atoms with E-state index in [4.69, 9.17) is 5.26 Å². The molecular weight excluding hydrogens is 310 g/mol. The van der Waals surface area contributed by atoms with Crippen molar-refractivity contribution >= 4 is 21.9 Å². The SMILES string of the molecule is CCOC(=O)c1cc(C#N)c(CBr)c(C(F)F)n1. The van der Waals surface area contributed by atoms with Crippen LogP contribution in [-0.4, -0.2) is 17.6 Å². The van der Waals surface area contributed by atoms with Crippen LogP contribution in [0.25, 0.3) is 0 Å². The lowest BCUT2D eigenvalue weighted by molar-refractivity contribution is 0.0517. The van der Waals surface area contributed by atoms with Crippen molar-refractivity contribution in [1.82, 2.24) is 4.98 Å². The van der Waals surface area contributed by atoms with E-state index >= 15 is 0 Å². The summed E-state index contributed by atoms with van der Waals surface area (Å²) in [6.45, 7) is 1.69. The highest BCUT2D eigenvalue weighted by atomic mass is 79.9. The summed E-state index contributed by atoms with van der Waals surface area (Å²) in [5, 5.41) is 8.96. The molecule has 0 aliphatic heterocycles. The summed E-state index contributed by atoms with van der Waals surface area (Å²) in [6.07, 6.45) is -2.86. The van der Waals surface area contributed by atoms with Crippen LogP contribution in [-0.2, 0) is 10.1 Å². The topological polar surface area (TPSA) is 63.0 Å². The third-order valence-electron chi connectivity index (χ3n) is 2.10. The molecule has 4 nitrogen and oxygen atoms in total. The molecule has 0 saturated carbocycles. The third-order valence-corrected chi connectivity index (χ3v) is 2.66. The van der Waals surface area contributed by atoms with E-state index in [2.05, 4.69) is 25.7 Å². The molecule has 1 aromatic rings. The molecular formula is C11H9BrF2N2O2. The number of carbonyl (C=O) groups excluding carboxylic acids is 1. The second-order valence-corrected chi connectivity index (χ2v) is 3.75. The van der Waals surface area contributed by atoms with E-state index in [0.29, 0.717) is 0 Å². The Balaban J connectivity index is 3.37. The van der Waals surface area contributed by atoms with Crippen molar-refractivity contribution in [2.75, 3.05) is 6.61 Å². The van der Waals surface area contributed by atoms with Gasteiger partial charge < -0.3 is 4.74 Å². The second kappa shape index (κ2) is 6.40. The van der Waals surface area contributed by atoms with Crippen molar-refractivity contribution in [2.24, 2.45) is 0 Å². The number of halogens is 3. The lowest BCUT2D eigenvalue weighted by atomic mass is 10.1. The summed E-state index contributed by atoms with van der Waals surface area (Å²) in [5.41, 5.74) is -0.789. The molecule has 7 heteroatoms. The van der Waals surface area contributed by atoms with Crippen LogP contribution >= 0.6 is 15.9 Å². The number of carbonyl (C=O) groups is 1. The first-order valence-electron chi connectivity index (χ1n) is 5.00. The third kappa shape index (κ3) is 3.01. The van der Waals surface area contributed by atoms with Gasteiger partial charge in [0.25, 0.3) is 6.43 Å².